The van der Waals surface area contributed by atoms with Gasteiger partial charge in [0.15, 0.2) is 0 Å². The summed E-state index contributed by atoms with van der Waals surface area (Å²) in [6, 6.07) is 3.91. The van der Waals surface area contributed by atoms with Crippen molar-refractivity contribution >= 4 is 15.7 Å². The van der Waals surface area contributed by atoms with Crippen LogP contribution in [-0.4, -0.2) is 32.5 Å². The molecule has 8 heteroatoms. The smallest absolute Gasteiger partial charge is 0.273 e. The van der Waals surface area contributed by atoms with Gasteiger partial charge in [-0.25, -0.2) is 13.1 Å². The van der Waals surface area contributed by atoms with Crippen LogP contribution in [0.1, 0.15) is 24.8 Å². The number of nitrogens with zero attached hydrogens (tertiary/aromatic N) is 1. The summed E-state index contributed by atoms with van der Waals surface area (Å²) >= 11 is 0. The first-order valence-electron chi connectivity index (χ1n) is 6.89. The fourth-order valence-electron chi connectivity index (χ4n) is 2.49. The second-order valence-electron chi connectivity index (χ2n) is 5.18. The van der Waals surface area contributed by atoms with Crippen LogP contribution in [0.5, 0.6) is 0 Å². The van der Waals surface area contributed by atoms with Crippen molar-refractivity contribution in [3.63, 3.8) is 0 Å². The predicted molar refractivity (Wildman–Crippen MR) is 78.7 cm³/mol. The minimum Gasteiger partial charge on any atom is -0.315 e. The quantitative estimate of drug-likeness (QED) is 0.645. The van der Waals surface area contributed by atoms with Crippen LogP contribution in [0.2, 0.25) is 0 Å². The second kappa shape index (κ2) is 6.50. The lowest BCUT2D eigenvalue weighted by Crippen LogP contribution is -2.41. The standard InChI is InChI=1S/C13H19N3O4S/c1-10-12(16(17)18)6-4-7-13(10)21(19,20)15-11-5-2-3-8-14-9-11/h4,6-7,11,14-15H,2-3,5,8-9H2,1H3. The van der Waals surface area contributed by atoms with E-state index < -0.39 is 14.9 Å². The predicted octanol–water partition coefficient (Wildman–Crippen LogP) is 1.32. The Balaban J connectivity index is 2.27. The van der Waals surface area contributed by atoms with Gasteiger partial charge in [-0.1, -0.05) is 12.5 Å². The van der Waals surface area contributed by atoms with Crippen molar-refractivity contribution in [1.82, 2.24) is 10.0 Å². The Morgan fingerprint density at radius 1 is 1.38 bits per heavy atom. The van der Waals surface area contributed by atoms with Crippen LogP contribution < -0.4 is 10.0 Å². The molecule has 0 bridgehead atoms. The molecule has 1 aromatic rings. The number of nitro benzene ring substituents is 1. The van der Waals surface area contributed by atoms with E-state index in [1.54, 1.807) is 0 Å². The van der Waals surface area contributed by atoms with E-state index in [4.69, 9.17) is 0 Å². The van der Waals surface area contributed by atoms with Crippen molar-refractivity contribution in [2.75, 3.05) is 13.1 Å². The third-order valence-electron chi connectivity index (χ3n) is 3.61. The molecule has 0 aromatic heterocycles. The Morgan fingerprint density at radius 2 is 2.14 bits per heavy atom. The lowest BCUT2D eigenvalue weighted by molar-refractivity contribution is -0.385. The van der Waals surface area contributed by atoms with Gasteiger partial charge in [-0.3, -0.25) is 10.1 Å². The maximum Gasteiger partial charge on any atom is 0.273 e. The molecule has 2 N–H and O–H groups in total. The fraction of sp³-hybridized carbons (Fsp3) is 0.538. The molecule has 1 aromatic carbocycles. The van der Waals surface area contributed by atoms with Gasteiger partial charge in [-0.15, -0.1) is 0 Å². The topological polar surface area (TPSA) is 101 Å². The summed E-state index contributed by atoms with van der Waals surface area (Å²) in [5.41, 5.74) is -0.0200. The molecule has 1 aliphatic heterocycles. The molecule has 2 rings (SSSR count). The molecule has 1 heterocycles. The van der Waals surface area contributed by atoms with Crippen LogP contribution in [0.15, 0.2) is 23.1 Å². The molecule has 1 saturated heterocycles. The summed E-state index contributed by atoms with van der Waals surface area (Å²) < 4.78 is 27.5. The van der Waals surface area contributed by atoms with Crippen molar-refractivity contribution in [2.24, 2.45) is 0 Å². The monoisotopic (exact) mass is 313 g/mol. The summed E-state index contributed by atoms with van der Waals surface area (Å²) in [5.74, 6) is 0. The van der Waals surface area contributed by atoms with Gasteiger partial charge >= 0.3 is 0 Å². The first-order chi connectivity index (χ1) is 9.92. The van der Waals surface area contributed by atoms with Crippen molar-refractivity contribution in [3.05, 3.63) is 33.9 Å². The summed E-state index contributed by atoms with van der Waals surface area (Å²) in [4.78, 5) is 10.3. The number of hydrogen-bond acceptors (Lipinski definition) is 5. The maximum absolute atomic E-state index is 12.4. The van der Waals surface area contributed by atoms with E-state index in [1.165, 1.54) is 25.1 Å². The van der Waals surface area contributed by atoms with Gasteiger partial charge in [0, 0.05) is 24.2 Å². The first kappa shape index (κ1) is 15.9. The molecule has 0 amide bonds. The average molecular weight is 313 g/mol. The molecule has 0 radical (unpaired) electrons. The highest BCUT2D eigenvalue weighted by Crippen LogP contribution is 2.25. The van der Waals surface area contributed by atoms with Crippen LogP contribution >= 0.6 is 0 Å². The zero-order chi connectivity index (χ0) is 15.5. The van der Waals surface area contributed by atoms with E-state index in [1.807, 2.05) is 0 Å². The Hall–Kier alpha value is -1.51. The van der Waals surface area contributed by atoms with E-state index >= 15 is 0 Å². The van der Waals surface area contributed by atoms with E-state index in [0.717, 1.165) is 25.8 Å². The molecule has 0 saturated carbocycles. The van der Waals surface area contributed by atoms with Gasteiger partial charge < -0.3 is 5.32 Å². The lowest BCUT2D eigenvalue weighted by atomic mass is 10.2. The van der Waals surface area contributed by atoms with Crippen molar-refractivity contribution in [1.29, 1.82) is 0 Å². The van der Waals surface area contributed by atoms with Crippen LogP contribution in [-0.2, 0) is 10.0 Å². The van der Waals surface area contributed by atoms with Crippen molar-refractivity contribution < 1.29 is 13.3 Å². The molecule has 1 fully saturated rings. The number of nitrogens with one attached hydrogen (secondary N) is 2. The molecule has 1 atom stereocenters. The van der Waals surface area contributed by atoms with Gasteiger partial charge in [0.1, 0.15) is 0 Å². The molecule has 1 unspecified atom stereocenters. The highest BCUT2D eigenvalue weighted by atomic mass is 32.2. The summed E-state index contributed by atoms with van der Waals surface area (Å²) in [5, 5.41) is 14.1. The largest absolute Gasteiger partial charge is 0.315 e. The molecular formula is C13H19N3O4S. The zero-order valence-electron chi connectivity index (χ0n) is 11.8. The number of nitro groups is 1. The Bertz CT molecular complexity index is 622. The Labute approximate surface area is 123 Å². The molecule has 0 spiro atoms. The minimum atomic E-state index is -3.76. The second-order valence-corrected chi connectivity index (χ2v) is 6.86. The third kappa shape index (κ3) is 3.78. The van der Waals surface area contributed by atoms with Crippen molar-refractivity contribution in [2.45, 2.75) is 37.1 Å². The molecular weight excluding hydrogens is 294 g/mol. The van der Waals surface area contributed by atoms with Crippen LogP contribution in [0, 0.1) is 17.0 Å². The van der Waals surface area contributed by atoms with E-state index in [9.17, 15) is 18.5 Å². The number of rotatable bonds is 4. The van der Waals surface area contributed by atoms with Crippen LogP contribution in [0.4, 0.5) is 5.69 Å². The molecule has 7 nitrogen and oxygen atoms in total. The summed E-state index contributed by atoms with van der Waals surface area (Å²) in [6.07, 6.45) is 2.74. The van der Waals surface area contributed by atoms with Gasteiger partial charge in [0.2, 0.25) is 10.0 Å². The van der Waals surface area contributed by atoms with Gasteiger partial charge in [-0.2, -0.15) is 0 Å². The highest BCUT2D eigenvalue weighted by Gasteiger charge is 2.25. The highest BCUT2D eigenvalue weighted by molar-refractivity contribution is 7.89. The summed E-state index contributed by atoms with van der Waals surface area (Å²) in [6.45, 7) is 2.92. The van der Waals surface area contributed by atoms with Gasteiger partial charge in [0.25, 0.3) is 5.69 Å². The maximum atomic E-state index is 12.4. The van der Waals surface area contributed by atoms with Crippen molar-refractivity contribution in [3.8, 4) is 0 Å². The summed E-state index contributed by atoms with van der Waals surface area (Å²) in [7, 11) is -3.76. The van der Waals surface area contributed by atoms with E-state index in [2.05, 4.69) is 10.0 Å². The van der Waals surface area contributed by atoms with Crippen LogP contribution in [0.3, 0.4) is 0 Å². The normalized spacial score (nSPS) is 20.0. The van der Waals surface area contributed by atoms with Crippen LogP contribution in [0.25, 0.3) is 0 Å². The number of hydrogen-bond donors (Lipinski definition) is 2. The molecule has 21 heavy (non-hydrogen) atoms. The van der Waals surface area contributed by atoms with Gasteiger partial charge in [0.05, 0.1) is 9.82 Å². The SMILES string of the molecule is Cc1c([N+](=O)[O-])cccc1S(=O)(=O)NC1CCCCNC1. The fourth-order valence-corrected chi connectivity index (χ4v) is 4.03. The van der Waals surface area contributed by atoms with E-state index in [0.29, 0.717) is 6.54 Å². The molecule has 116 valence electrons. The van der Waals surface area contributed by atoms with Gasteiger partial charge in [-0.05, 0) is 32.4 Å². The Morgan fingerprint density at radius 3 is 2.86 bits per heavy atom. The number of benzene rings is 1. The van der Waals surface area contributed by atoms with E-state index in [-0.39, 0.29) is 22.2 Å². The Kier molecular flexibility index (Phi) is 4.92. The molecule has 1 aliphatic rings. The average Bonchev–Trinajstić information content (AvgIpc) is 2.66. The minimum absolute atomic E-state index is 0.0269. The lowest BCUT2D eigenvalue weighted by Gasteiger charge is -2.17. The zero-order valence-corrected chi connectivity index (χ0v) is 12.6. The third-order valence-corrected chi connectivity index (χ3v) is 5.28. The number of sulfonamides is 1. The molecule has 0 aliphatic carbocycles. The first-order valence-corrected chi connectivity index (χ1v) is 8.37.